The van der Waals surface area contributed by atoms with Crippen LogP contribution in [0.2, 0.25) is 5.02 Å². The molecule has 13 heteroatoms. The van der Waals surface area contributed by atoms with Gasteiger partial charge in [-0.1, -0.05) is 11.6 Å². The maximum atomic E-state index is 13.1. The number of rotatable bonds is 5. The molecule has 9 nitrogen and oxygen atoms in total. The van der Waals surface area contributed by atoms with Gasteiger partial charge in [-0.15, -0.1) is 0 Å². The maximum absolute atomic E-state index is 13.1. The number of ketones is 1. The Morgan fingerprint density at radius 2 is 1.97 bits per heavy atom. The van der Waals surface area contributed by atoms with Crippen molar-refractivity contribution in [2.24, 2.45) is 0 Å². The first kappa shape index (κ1) is 21.8. The zero-order chi connectivity index (χ0) is 22.0. The lowest BCUT2D eigenvalue weighted by atomic mass is 9.99. The smallest absolute Gasteiger partial charge is 0.417 e. The van der Waals surface area contributed by atoms with Crippen molar-refractivity contribution in [1.29, 1.82) is 5.26 Å². The van der Waals surface area contributed by atoms with Crippen LogP contribution in [0.4, 0.5) is 19.0 Å². The number of carbonyl (C=O) groups is 3. The molecule has 1 amide bonds. The SMILES string of the molecule is CC(=O)OC(C#N)(C(C)=O)C(=O)N(c1ncc(C(F)(F)F)cc1Cl)n1cccn1. The molecule has 1 unspecified atom stereocenters. The lowest BCUT2D eigenvalue weighted by Gasteiger charge is -2.29. The van der Waals surface area contributed by atoms with Gasteiger partial charge in [-0.2, -0.15) is 33.3 Å². The van der Waals surface area contributed by atoms with Gasteiger partial charge in [0.05, 0.1) is 16.8 Å². The number of amides is 1. The minimum Gasteiger partial charge on any atom is -0.426 e. The molecule has 0 radical (unpaired) electrons. The number of pyridine rings is 1. The number of carbonyl (C=O) groups excluding carboxylic acids is 3. The van der Waals surface area contributed by atoms with E-state index < -0.39 is 45.8 Å². The third-order valence-electron chi connectivity index (χ3n) is 3.49. The first-order valence-corrected chi connectivity index (χ1v) is 8.01. The Hall–Kier alpha value is -3.46. The predicted molar refractivity (Wildman–Crippen MR) is 90.2 cm³/mol. The second-order valence-corrected chi connectivity index (χ2v) is 5.92. The summed E-state index contributed by atoms with van der Waals surface area (Å²) in [5.74, 6) is -4.32. The minimum absolute atomic E-state index is 0.401. The van der Waals surface area contributed by atoms with Crippen molar-refractivity contribution in [2.75, 3.05) is 5.01 Å². The first-order valence-electron chi connectivity index (χ1n) is 7.63. The molecule has 0 saturated carbocycles. The highest BCUT2D eigenvalue weighted by atomic mass is 35.5. The number of hydrogen-bond acceptors (Lipinski definition) is 7. The van der Waals surface area contributed by atoms with E-state index in [-0.39, 0.29) is 0 Å². The number of hydrogen-bond donors (Lipinski definition) is 0. The number of nitrogens with zero attached hydrogens (tertiary/aromatic N) is 5. The van der Waals surface area contributed by atoms with E-state index in [0.717, 1.165) is 18.6 Å². The molecule has 2 rings (SSSR count). The molecule has 1 atom stereocenters. The standard InChI is InChI=1S/C16H11ClF3N5O4/c1-9(26)15(8-21,29-10(2)27)14(28)25(24-5-3-4-23-24)13-12(17)6-11(7-22-13)16(18,19)20/h3-7H,1-2H3. The quantitative estimate of drug-likeness (QED) is 0.527. The molecule has 0 aromatic carbocycles. The van der Waals surface area contributed by atoms with Crippen molar-refractivity contribution >= 4 is 35.1 Å². The molecular formula is C16H11ClF3N5O4. The van der Waals surface area contributed by atoms with Crippen molar-refractivity contribution in [1.82, 2.24) is 14.9 Å². The van der Waals surface area contributed by atoms with Gasteiger partial charge < -0.3 is 4.74 Å². The van der Waals surface area contributed by atoms with Crippen LogP contribution >= 0.6 is 11.6 Å². The van der Waals surface area contributed by atoms with Gasteiger partial charge in [-0.25, -0.2) is 4.98 Å². The highest BCUT2D eigenvalue weighted by Gasteiger charge is 2.52. The minimum atomic E-state index is -4.76. The van der Waals surface area contributed by atoms with Gasteiger partial charge in [0.15, 0.2) is 11.6 Å². The van der Waals surface area contributed by atoms with Crippen LogP contribution < -0.4 is 5.01 Å². The van der Waals surface area contributed by atoms with Gasteiger partial charge in [0, 0.05) is 26.2 Å². The van der Waals surface area contributed by atoms with E-state index in [1.807, 2.05) is 0 Å². The zero-order valence-corrected chi connectivity index (χ0v) is 15.5. The second-order valence-electron chi connectivity index (χ2n) is 5.51. The van der Waals surface area contributed by atoms with Crippen LogP contribution in [-0.4, -0.2) is 38.1 Å². The first-order chi connectivity index (χ1) is 13.4. The molecule has 0 aliphatic heterocycles. The van der Waals surface area contributed by atoms with Gasteiger partial charge in [-0.3, -0.25) is 14.4 Å². The number of nitriles is 1. The van der Waals surface area contributed by atoms with Crippen LogP contribution in [0, 0.1) is 11.3 Å². The summed E-state index contributed by atoms with van der Waals surface area (Å²) >= 11 is 5.90. The van der Waals surface area contributed by atoms with Crippen LogP contribution in [0.1, 0.15) is 19.4 Å². The number of ether oxygens (including phenoxy) is 1. The molecule has 0 N–H and O–H groups in total. The van der Waals surface area contributed by atoms with Crippen LogP contribution in [0.5, 0.6) is 0 Å². The summed E-state index contributed by atoms with van der Waals surface area (Å²) < 4.78 is 43.3. The van der Waals surface area contributed by atoms with Crippen LogP contribution in [0.25, 0.3) is 0 Å². The Kier molecular flexibility index (Phi) is 5.93. The van der Waals surface area contributed by atoms with Crippen LogP contribution in [-0.2, 0) is 25.3 Å². The molecule has 2 aromatic rings. The summed E-state index contributed by atoms with van der Waals surface area (Å²) in [7, 11) is 0. The highest BCUT2D eigenvalue weighted by molar-refractivity contribution is 6.34. The molecule has 0 aliphatic rings. The van der Waals surface area contributed by atoms with Gasteiger partial charge in [0.1, 0.15) is 6.07 Å². The Balaban J connectivity index is 2.70. The number of alkyl halides is 3. The molecule has 0 aliphatic carbocycles. The molecule has 152 valence electrons. The number of Topliss-reactive ketones (excluding diaryl/α,β-unsaturated/α-hetero) is 1. The fourth-order valence-corrected chi connectivity index (χ4v) is 2.43. The van der Waals surface area contributed by atoms with Gasteiger partial charge in [0.2, 0.25) is 0 Å². The lowest BCUT2D eigenvalue weighted by molar-refractivity contribution is -0.165. The van der Waals surface area contributed by atoms with Gasteiger partial charge >= 0.3 is 23.7 Å². The number of aromatic nitrogens is 3. The van der Waals surface area contributed by atoms with Crippen molar-refractivity contribution in [2.45, 2.75) is 25.6 Å². The third-order valence-corrected chi connectivity index (χ3v) is 3.77. The summed E-state index contributed by atoms with van der Waals surface area (Å²) in [6.45, 7) is 1.69. The maximum Gasteiger partial charge on any atom is 0.417 e. The van der Waals surface area contributed by atoms with E-state index in [2.05, 4.69) is 10.1 Å². The topological polar surface area (TPSA) is 118 Å². The highest BCUT2D eigenvalue weighted by Crippen LogP contribution is 2.34. The molecule has 2 aromatic heterocycles. The van der Waals surface area contributed by atoms with Crippen molar-refractivity contribution < 1.29 is 32.3 Å². The fraction of sp³-hybridized carbons (Fsp3) is 0.250. The normalized spacial score (nSPS) is 13.1. The number of anilines is 1. The summed E-state index contributed by atoms with van der Waals surface area (Å²) in [5.41, 5.74) is -4.14. The summed E-state index contributed by atoms with van der Waals surface area (Å²) in [6, 6.07) is 3.18. The van der Waals surface area contributed by atoms with Crippen LogP contribution in [0.3, 0.4) is 0 Å². The average molecular weight is 430 g/mol. The number of esters is 1. The van der Waals surface area contributed by atoms with Crippen molar-refractivity contribution in [3.63, 3.8) is 0 Å². The average Bonchev–Trinajstić information content (AvgIpc) is 3.14. The monoisotopic (exact) mass is 429 g/mol. The predicted octanol–water partition coefficient (Wildman–Crippen LogP) is 2.16. The molecule has 0 saturated heterocycles. The summed E-state index contributed by atoms with van der Waals surface area (Å²) in [4.78, 5) is 40.9. The van der Waals surface area contributed by atoms with Gasteiger partial charge in [-0.05, 0) is 12.1 Å². The Morgan fingerprint density at radius 1 is 1.31 bits per heavy atom. The van der Waals surface area contributed by atoms with Gasteiger partial charge in [0.25, 0.3) is 0 Å². The molecule has 2 heterocycles. The van der Waals surface area contributed by atoms with E-state index in [1.54, 1.807) is 0 Å². The van der Waals surface area contributed by atoms with E-state index in [4.69, 9.17) is 16.3 Å². The molecule has 0 spiro atoms. The lowest BCUT2D eigenvalue weighted by Crippen LogP contribution is -2.57. The Bertz CT molecular complexity index is 1000. The Labute approximate surface area is 166 Å². The van der Waals surface area contributed by atoms with Crippen molar-refractivity contribution in [3.8, 4) is 6.07 Å². The summed E-state index contributed by atoms with van der Waals surface area (Å²) in [6.07, 6.45) is -1.99. The van der Waals surface area contributed by atoms with Crippen LogP contribution in [0.15, 0.2) is 30.7 Å². The molecule has 0 bridgehead atoms. The van der Waals surface area contributed by atoms with E-state index in [9.17, 15) is 32.8 Å². The molecular weight excluding hydrogens is 419 g/mol. The summed E-state index contributed by atoms with van der Waals surface area (Å²) in [5, 5.41) is 13.0. The largest absolute Gasteiger partial charge is 0.426 e. The molecule has 29 heavy (non-hydrogen) atoms. The third kappa shape index (κ3) is 4.19. The zero-order valence-electron chi connectivity index (χ0n) is 14.8. The Morgan fingerprint density at radius 3 is 2.38 bits per heavy atom. The fourth-order valence-electron chi connectivity index (χ4n) is 2.19. The van der Waals surface area contributed by atoms with Crippen molar-refractivity contribution in [3.05, 3.63) is 41.3 Å². The number of halogens is 4. The van der Waals surface area contributed by atoms with E-state index in [0.29, 0.717) is 17.3 Å². The molecule has 0 fully saturated rings. The van der Waals surface area contributed by atoms with E-state index in [1.165, 1.54) is 24.5 Å². The van der Waals surface area contributed by atoms with E-state index >= 15 is 0 Å². The second kappa shape index (κ2) is 7.88.